The number of piperazine rings is 1. The predicted molar refractivity (Wildman–Crippen MR) is 130 cm³/mol. The van der Waals surface area contributed by atoms with E-state index in [2.05, 4.69) is 39.4 Å². The Morgan fingerprint density at radius 2 is 1.74 bits per heavy atom. The van der Waals surface area contributed by atoms with Crippen LogP contribution in [0.3, 0.4) is 0 Å². The fourth-order valence-electron chi connectivity index (χ4n) is 4.53. The number of fused-ring (bicyclic) bond motifs is 2. The standard InChI is InChI=1S/C25H27N3O2S/c29-20-7-6-19-8-12-28(25(30)22(19)18-20)11-2-1-10-26-13-15-27(16-14-26)23-4-3-5-24-21(23)9-17-31-24/h3-9,12,17-18,29H,1-2,10-11,13-16H2. The molecule has 0 unspecified atom stereocenters. The number of aromatic nitrogens is 1. The lowest BCUT2D eigenvalue weighted by Gasteiger charge is -2.36. The van der Waals surface area contributed by atoms with Gasteiger partial charge in [-0.3, -0.25) is 9.69 Å². The lowest BCUT2D eigenvalue weighted by Crippen LogP contribution is -2.46. The molecule has 1 aliphatic rings. The summed E-state index contributed by atoms with van der Waals surface area (Å²) in [5.74, 6) is 0.136. The molecule has 4 aromatic rings. The first-order valence-electron chi connectivity index (χ1n) is 10.9. The van der Waals surface area contributed by atoms with E-state index in [0.717, 1.165) is 51.0 Å². The van der Waals surface area contributed by atoms with Crippen LogP contribution in [0.15, 0.2) is 64.9 Å². The number of aromatic hydroxyl groups is 1. The van der Waals surface area contributed by atoms with Crippen molar-refractivity contribution in [2.45, 2.75) is 19.4 Å². The van der Waals surface area contributed by atoms with Gasteiger partial charge in [0.25, 0.3) is 5.56 Å². The Bertz CT molecular complexity index is 1250. The van der Waals surface area contributed by atoms with Gasteiger partial charge in [0.15, 0.2) is 0 Å². The molecule has 0 bridgehead atoms. The first-order chi connectivity index (χ1) is 15.2. The molecule has 0 aliphatic carbocycles. The average molecular weight is 434 g/mol. The van der Waals surface area contributed by atoms with Crippen molar-refractivity contribution in [2.24, 2.45) is 0 Å². The molecule has 0 spiro atoms. The van der Waals surface area contributed by atoms with Gasteiger partial charge in [0.1, 0.15) is 5.75 Å². The van der Waals surface area contributed by atoms with Crippen molar-refractivity contribution in [3.05, 3.63) is 70.5 Å². The zero-order chi connectivity index (χ0) is 21.2. The molecular weight excluding hydrogens is 406 g/mol. The molecule has 1 fully saturated rings. The van der Waals surface area contributed by atoms with E-state index in [9.17, 15) is 9.90 Å². The summed E-state index contributed by atoms with van der Waals surface area (Å²) in [6.07, 6.45) is 3.91. The summed E-state index contributed by atoms with van der Waals surface area (Å²) in [5, 5.41) is 14.7. The van der Waals surface area contributed by atoms with Crippen LogP contribution < -0.4 is 10.5 Å². The molecule has 5 nitrogen and oxygen atoms in total. The summed E-state index contributed by atoms with van der Waals surface area (Å²) < 4.78 is 3.13. The second-order valence-electron chi connectivity index (χ2n) is 8.23. The Kier molecular flexibility index (Phi) is 5.66. The van der Waals surface area contributed by atoms with Crippen molar-refractivity contribution in [2.75, 3.05) is 37.6 Å². The third kappa shape index (κ3) is 4.18. The molecule has 1 saturated heterocycles. The lowest BCUT2D eigenvalue weighted by molar-refractivity contribution is 0.251. The van der Waals surface area contributed by atoms with Crippen LogP contribution in [0.4, 0.5) is 5.69 Å². The summed E-state index contributed by atoms with van der Waals surface area (Å²) in [4.78, 5) is 17.7. The zero-order valence-corrected chi connectivity index (χ0v) is 18.4. The maximum atomic E-state index is 12.7. The van der Waals surface area contributed by atoms with Crippen molar-refractivity contribution in [1.29, 1.82) is 0 Å². The third-order valence-corrected chi connectivity index (χ3v) is 7.15. The Morgan fingerprint density at radius 1 is 0.903 bits per heavy atom. The highest BCUT2D eigenvalue weighted by Crippen LogP contribution is 2.31. The summed E-state index contributed by atoms with van der Waals surface area (Å²) in [7, 11) is 0. The number of unbranched alkanes of at least 4 members (excludes halogenated alkanes) is 1. The first kappa shape index (κ1) is 20.1. The Hall–Kier alpha value is -2.83. The van der Waals surface area contributed by atoms with Gasteiger partial charge in [0.05, 0.1) is 5.39 Å². The number of hydrogen-bond donors (Lipinski definition) is 1. The Morgan fingerprint density at radius 3 is 2.61 bits per heavy atom. The molecule has 1 aliphatic heterocycles. The van der Waals surface area contributed by atoms with Gasteiger partial charge in [-0.1, -0.05) is 12.1 Å². The van der Waals surface area contributed by atoms with Crippen molar-refractivity contribution in [3.8, 4) is 5.75 Å². The number of benzene rings is 2. The molecule has 2 aromatic carbocycles. The van der Waals surface area contributed by atoms with Gasteiger partial charge in [-0.2, -0.15) is 0 Å². The van der Waals surface area contributed by atoms with E-state index >= 15 is 0 Å². The van der Waals surface area contributed by atoms with Crippen LogP contribution in [0.1, 0.15) is 12.8 Å². The van der Waals surface area contributed by atoms with Gasteiger partial charge in [0.2, 0.25) is 0 Å². The predicted octanol–water partition coefficient (Wildman–Crippen LogP) is 4.52. The van der Waals surface area contributed by atoms with E-state index in [1.807, 2.05) is 12.3 Å². The van der Waals surface area contributed by atoms with Crippen LogP contribution in [0.2, 0.25) is 0 Å². The molecule has 1 N–H and O–H groups in total. The van der Waals surface area contributed by atoms with Crippen LogP contribution in [-0.4, -0.2) is 47.3 Å². The molecule has 0 amide bonds. The largest absolute Gasteiger partial charge is 0.508 e. The third-order valence-electron chi connectivity index (χ3n) is 6.27. The summed E-state index contributed by atoms with van der Waals surface area (Å²) in [5.41, 5.74) is 1.34. The maximum absolute atomic E-state index is 12.7. The van der Waals surface area contributed by atoms with Gasteiger partial charge < -0.3 is 14.6 Å². The maximum Gasteiger partial charge on any atom is 0.258 e. The SMILES string of the molecule is O=c1c2cc(O)ccc2ccn1CCCCN1CCN(c2cccc3sccc23)CC1. The molecule has 0 atom stereocenters. The van der Waals surface area contributed by atoms with E-state index in [4.69, 9.17) is 0 Å². The number of nitrogens with zero attached hydrogens (tertiary/aromatic N) is 3. The van der Waals surface area contributed by atoms with Gasteiger partial charge in [0, 0.05) is 54.7 Å². The Balaban J connectivity index is 1.12. The molecule has 31 heavy (non-hydrogen) atoms. The van der Waals surface area contributed by atoms with Crippen molar-refractivity contribution < 1.29 is 5.11 Å². The van der Waals surface area contributed by atoms with Crippen LogP contribution in [0.5, 0.6) is 5.75 Å². The quantitative estimate of drug-likeness (QED) is 0.454. The van der Waals surface area contributed by atoms with Gasteiger partial charge in [-0.15, -0.1) is 11.3 Å². The summed E-state index contributed by atoms with van der Waals surface area (Å²) in [6.45, 7) is 6.06. The number of thiophene rings is 1. The second-order valence-corrected chi connectivity index (χ2v) is 9.18. The first-order valence-corrected chi connectivity index (χ1v) is 11.8. The van der Waals surface area contributed by atoms with Crippen LogP contribution >= 0.6 is 11.3 Å². The number of aryl methyl sites for hydroxylation is 1. The van der Waals surface area contributed by atoms with Crippen LogP contribution in [0.25, 0.3) is 20.9 Å². The van der Waals surface area contributed by atoms with E-state index in [1.54, 1.807) is 34.1 Å². The second kappa shape index (κ2) is 8.73. The van der Waals surface area contributed by atoms with Crippen molar-refractivity contribution in [3.63, 3.8) is 0 Å². The van der Waals surface area contributed by atoms with Crippen LogP contribution in [-0.2, 0) is 6.54 Å². The minimum absolute atomic E-state index is 0.0235. The number of pyridine rings is 1. The van der Waals surface area contributed by atoms with Gasteiger partial charge >= 0.3 is 0 Å². The number of rotatable bonds is 6. The van der Waals surface area contributed by atoms with Crippen molar-refractivity contribution >= 4 is 37.9 Å². The van der Waals surface area contributed by atoms with E-state index in [-0.39, 0.29) is 11.3 Å². The van der Waals surface area contributed by atoms with E-state index < -0.39 is 0 Å². The fraction of sp³-hybridized carbons (Fsp3) is 0.320. The highest BCUT2D eigenvalue weighted by atomic mass is 32.1. The smallest absolute Gasteiger partial charge is 0.258 e. The minimum atomic E-state index is -0.0235. The molecular formula is C25H27N3O2S. The molecule has 6 heteroatoms. The van der Waals surface area contributed by atoms with Crippen LogP contribution in [0, 0.1) is 0 Å². The normalized spacial score (nSPS) is 15.2. The number of anilines is 1. The number of hydrogen-bond acceptors (Lipinski definition) is 5. The molecule has 5 rings (SSSR count). The minimum Gasteiger partial charge on any atom is -0.508 e. The number of phenols is 1. The molecule has 2 aromatic heterocycles. The molecule has 0 radical (unpaired) electrons. The van der Waals surface area contributed by atoms with E-state index in [1.165, 1.54) is 15.8 Å². The Labute approximate surface area is 185 Å². The van der Waals surface area contributed by atoms with Gasteiger partial charge in [-0.05, 0) is 66.6 Å². The zero-order valence-electron chi connectivity index (χ0n) is 17.5. The van der Waals surface area contributed by atoms with Gasteiger partial charge in [-0.25, -0.2) is 0 Å². The van der Waals surface area contributed by atoms with E-state index in [0.29, 0.717) is 11.9 Å². The molecule has 3 heterocycles. The molecule has 160 valence electrons. The van der Waals surface area contributed by atoms with Crippen molar-refractivity contribution in [1.82, 2.24) is 9.47 Å². The summed E-state index contributed by atoms with van der Waals surface area (Å²) >= 11 is 1.81. The fourth-order valence-corrected chi connectivity index (χ4v) is 5.33. The highest BCUT2D eigenvalue weighted by Gasteiger charge is 2.18. The molecule has 0 saturated carbocycles. The lowest BCUT2D eigenvalue weighted by atomic mass is 10.1. The topological polar surface area (TPSA) is 48.7 Å². The summed E-state index contributed by atoms with van der Waals surface area (Å²) in [6, 6.07) is 15.7. The average Bonchev–Trinajstić information content (AvgIpc) is 3.28. The monoisotopic (exact) mass is 433 g/mol. The highest BCUT2D eigenvalue weighted by molar-refractivity contribution is 7.17. The number of phenolic OH excluding ortho intramolecular Hbond substituents is 1.